The fourth-order valence-corrected chi connectivity index (χ4v) is 3.32. The monoisotopic (exact) mass is 275 g/mol. The standard InChI is InChI=1S/C13H13N3O2S/c1-10-2-4-11(5-3-10)19(17,18)16-9-6-12-13(16)15-8-7-14-12/h2-6,9H,7-8H2,1H3. The largest absolute Gasteiger partial charge is 0.279 e. The van der Waals surface area contributed by atoms with Crippen molar-refractivity contribution < 1.29 is 8.42 Å². The van der Waals surface area contributed by atoms with E-state index in [0.717, 1.165) is 5.56 Å². The normalized spacial score (nSPS) is 14.4. The molecule has 0 radical (unpaired) electrons. The van der Waals surface area contributed by atoms with Crippen molar-refractivity contribution in [3.63, 3.8) is 0 Å². The Hall–Kier alpha value is -1.95. The first-order chi connectivity index (χ1) is 9.09. The van der Waals surface area contributed by atoms with Gasteiger partial charge in [-0.05, 0) is 25.1 Å². The van der Waals surface area contributed by atoms with Crippen LogP contribution in [0.2, 0.25) is 0 Å². The molecule has 2 aromatic rings. The minimum Gasteiger partial charge on any atom is -0.279 e. The van der Waals surface area contributed by atoms with Gasteiger partial charge in [0, 0.05) is 6.20 Å². The summed E-state index contributed by atoms with van der Waals surface area (Å²) < 4.78 is 26.3. The summed E-state index contributed by atoms with van der Waals surface area (Å²) >= 11 is 0. The van der Waals surface area contributed by atoms with Crippen molar-refractivity contribution in [2.45, 2.75) is 11.8 Å². The molecule has 19 heavy (non-hydrogen) atoms. The SMILES string of the molecule is Cc1ccc(S(=O)(=O)n2ccc3c2=NCCN=3)cc1. The zero-order valence-corrected chi connectivity index (χ0v) is 11.3. The molecule has 2 heterocycles. The highest BCUT2D eigenvalue weighted by Gasteiger charge is 2.19. The van der Waals surface area contributed by atoms with Crippen LogP contribution < -0.4 is 10.8 Å². The second-order valence-electron chi connectivity index (χ2n) is 4.40. The van der Waals surface area contributed by atoms with Crippen LogP contribution in [0.15, 0.2) is 51.4 Å². The molecule has 1 aliphatic rings. The van der Waals surface area contributed by atoms with Crippen molar-refractivity contribution in [2.24, 2.45) is 9.98 Å². The molecular formula is C13H13N3O2S. The van der Waals surface area contributed by atoms with Gasteiger partial charge in [-0.1, -0.05) is 17.7 Å². The minimum atomic E-state index is -3.59. The van der Waals surface area contributed by atoms with E-state index in [1.807, 2.05) is 6.92 Å². The topological polar surface area (TPSA) is 63.8 Å². The van der Waals surface area contributed by atoms with Gasteiger partial charge < -0.3 is 0 Å². The van der Waals surface area contributed by atoms with E-state index in [1.54, 1.807) is 30.3 Å². The molecule has 6 heteroatoms. The maximum Gasteiger partial charge on any atom is 0.269 e. The number of aromatic nitrogens is 1. The van der Waals surface area contributed by atoms with E-state index in [1.165, 1.54) is 10.2 Å². The summed E-state index contributed by atoms with van der Waals surface area (Å²) in [7, 11) is -3.59. The highest BCUT2D eigenvalue weighted by Crippen LogP contribution is 2.12. The third kappa shape index (κ3) is 1.98. The summed E-state index contributed by atoms with van der Waals surface area (Å²) in [4.78, 5) is 8.77. The van der Waals surface area contributed by atoms with Gasteiger partial charge in [0.25, 0.3) is 10.0 Å². The smallest absolute Gasteiger partial charge is 0.269 e. The molecule has 1 aliphatic heterocycles. The molecule has 0 spiro atoms. The third-order valence-electron chi connectivity index (χ3n) is 3.03. The molecule has 0 saturated heterocycles. The van der Waals surface area contributed by atoms with Gasteiger partial charge in [0.1, 0.15) is 5.36 Å². The van der Waals surface area contributed by atoms with E-state index < -0.39 is 10.0 Å². The van der Waals surface area contributed by atoms with Gasteiger partial charge in [-0.25, -0.2) is 12.4 Å². The van der Waals surface area contributed by atoms with E-state index in [2.05, 4.69) is 9.98 Å². The molecule has 3 rings (SSSR count). The fraction of sp³-hybridized carbons (Fsp3) is 0.231. The molecule has 0 aliphatic carbocycles. The van der Waals surface area contributed by atoms with E-state index in [0.29, 0.717) is 23.9 Å². The molecule has 5 nitrogen and oxygen atoms in total. The predicted octanol–water partition coefficient (Wildman–Crippen LogP) is 0.286. The van der Waals surface area contributed by atoms with Crippen LogP contribution in [0, 0.1) is 6.92 Å². The van der Waals surface area contributed by atoms with Crippen LogP contribution in [0.3, 0.4) is 0 Å². The van der Waals surface area contributed by atoms with Crippen molar-refractivity contribution in [3.05, 3.63) is 52.9 Å². The number of aryl methyl sites for hydroxylation is 1. The van der Waals surface area contributed by atoms with E-state index in [4.69, 9.17) is 0 Å². The summed E-state index contributed by atoms with van der Waals surface area (Å²) in [5, 5.41) is 0.641. The lowest BCUT2D eigenvalue weighted by Crippen LogP contribution is -2.36. The molecule has 0 N–H and O–H groups in total. The Bertz CT molecular complexity index is 833. The average molecular weight is 275 g/mol. The molecule has 1 aromatic carbocycles. The van der Waals surface area contributed by atoms with Crippen molar-refractivity contribution >= 4 is 10.0 Å². The molecule has 0 bridgehead atoms. The number of fused-ring (bicyclic) bond motifs is 1. The predicted molar refractivity (Wildman–Crippen MR) is 70.2 cm³/mol. The minimum absolute atomic E-state index is 0.261. The van der Waals surface area contributed by atoms with Crippen LogP contribution in [0.4, 0.5) is 0 Å². The van der Waals surface area contributed by atoms with Crippen LogP contribution in [-0.2, 0) is 10.0 Å². The highest BCUT2D eigenvalue weighted by atomic mass is 32.2. The Labute approximate surface area is 111 Å². The van der Waals surface area contributed by atoms with Gasteiger partial charge in [0.2, 0.25) is 0 Å². The molecule has 0 atom stereocenters. The van der Waals surface area contributed by atoms with E-state index in [-0.39, 0.29) is 4.90 Å². The number of nitrogens with zero attached hydrogens (tertiary/aromatic N) is 3. The Kier molecular flexibility index (Phi) is 2.74. The Morgan fingerprint density at radius 3 is 2.47 bits per heavy atom. The van der Waals surface area contributed by atoms with E-state index >= 15 is 0 Å². The van der Waals surface area contributed by atoms with Crippen LogP contribution in [-0.4, -0.2) is 25.5 Å². The second-order valence-corrected chi connectivity index (χ2v) is 6.22. The van der Waals surface area contributed by atoms with Crippen molar-refractivity contribution in [1.29, 1.82) is 0 Å². The second kappa shape index (κ2) is 4.31. The molecule has 0 unspecified atom stereocenters. The summed E-state index contributed by atoms with van der Waals surface area (Å²) in [5.41, 5.74) is 1.44. The summed E-state index contributed by atoms with van der Waals surface area (Å²) in [5.74, 6) is 0. The zero-order valence-electron chi connectivity index (χ0n) is 10.4. The number of hydrogen-bond donors (Lipinski definition) is 0. The molecule has 0 fully saturated rings. The third-order valence-corrected chi connectivity index (χ3v) is 4.71. The lowest BCUT2D eigenvalue weighted by Gasteiger charge is -2.07. The van der Waals surface area contributed by atoms with Crippen LogP contribution in [0.1, 0.15) is 5.56 Å². The first-order valence-corrected chi connectivity index (χ1v) is 7.41. The molecular weight excluding hydrogens is 262 g/mol. The van der Waals surface area contributed by atoms with Crippen molar-refractivity contribution in [2.75, 3.05) is 13.1 Å². The first-order valence-electron chi connectivity index (χ1n) is 5.97. The van der Waals surface area contributed by atoms with Gasteiger partial charge in [-0.15, -0.1) is 0 Å². The van der Waals surface area contributed by atoms with Crippen LogP contribution in [0.25, 0.3) is 0 Å². The Balaban J connectivity index is 2.22. The van der Waals surface area contributed by atoms with Crippen LogP contribution >= 0.6 is 0 Å². The van der Waals surface area contributed by atoms with Gasteiger partial charge in [0.05, 0.1) is 18.0 Å². The molecule has 98 valence electrons. The number of hydrogen-bond acceptors (Lipinski definition) is 4. The quantitative estimate of drug-likeness (QED) is 0.790. The average Bonchev–Trinajstić information content (AvgIpc) is 2.83. The summed E-state index contributed by atoms with van der Waals surface area (Å²) in [6.45, 7) is 3.06. The maximum absolute atomic E-state index is 12.5. The summed E-state index contributed by atoms with van der Waals surface area (Å²) in [6, 6.07) is 8.46. The molecule has 0 saturated carbocycles. The fourth-order valence-electron chi connectivity index (χ4n) is 2.01. The van der Waals surface area contributed by atoms with Crippen molar-refractivity contribution in [1.82, 2.24) is 3.97 Å². The Morgan fingerprint density at radius 1 is 1.05 bits per heavy atom. The highest BCUT2D eigenvalue weighted by molar-refractivity contribution is 7.90. The summed E-state index contributed by atoms with van der Waals surface area (Å²) in [6.07, 6.45) is 1.51. The van der Waals surface area contributed by atoms with Crippen molar-refractivity contribution in [3.8, 4) is 0 Å². The van der Waals surface area contributed by atoms with Crippen LogP contribution in [0.5, 0.6) is 0 Å². The van der Waals surface area contributed by atoms with E-state index in [9.17, 15) is 8.42 Å². The maximum atomic E-state index is 12.5. The number of benzene rings is 1. The van der Waals surface area contributed by atoms with Gasteiger partial charge in [-0.3, -0.25) is 9.98 Å². The Morgan fingerprint density at radius 2 is 1.74 bits per heavy atom. The van der Waals surface area contributed by atoms with Gasteiger partial charge >= 0.3 is 0 Å². The zero-order chi connectivity index (χ0) is 13.5. The lowest BCUT2D eigenvalue weighted by atomic mass is 10.2. The van der Waals surface area contributed by atoms with Gasteiger partial charge in [0.15, 0.2) is 5.49 Å². The lowest BCUT2D eigenvalue weighted by molar-refractivity contribution is 0.584. The molecule has 1 aromatic heterocycles. The number of rotatable bonds is 2. The molecule has 0 amide bonds. The first kappa shape index (κ1) is 12.1. The van der Waals surface area contributed by atoms with Gasteiger partial charge in [-0.2, -0.15) is 0 Å².